The Kier molecular flexibility index (Phi) is 5.98. The zero-order valence-electron chi connectivity index (χ0n) is 17.1. The van der Waals surface area contributed by atoms with E-state index >= 15 is 0 Å². The molecule has 0 amide bonds. The van der Waals surface area contributed by atoms with Gasteiger partial charge in [-0.05, 0) is 69.0 Å². The zero-order chi connectivity index (χ0) is 19.3. The van der Waals surface area contributed by atoms with Crippen LogP contribution in [0.5, 0.6) is 0 Å². The Bertz CT molecular complexity index is 750. The summed E-state index contributed by atoms with van der Waals surface area (Å²) in [7, 11) is -1.79. The molecule has 0 unspecified atom stereocenters. The van der Waals surface area contributed by atoms with Crippen molar-refractivity contribution >= 4 is 23.2 Å². The van der Waals surface area contributed by atoms with E-state index in [4.69, 9.17) is 0 Å². The van der Waals surface area contributed by atoms with Crippen molar-refractivity contribution in [1.82, 2.24) is 0 Å². The van der Waals surface area contributed by atoms with Crippen LogP contribution in [0.1, 0.15) is 51.9 Å². The maximum atomic E-state index is 2.61. The second kappa shape index (κ2) is 8.62. The molecule has 3 aromatic carbocycles. The Balaban J connectivity index is 2.03. The molecule has 0 radical (unpaired) electrons. The lowest BCUT2D eigenvalue weighted by atomic mass is 9.92. The monoisotopic (exact) mass is 387 g/mol. The van der Waals surface area contributed by atoms with Gasteiger partial charge in [0, 0.05) is 0 Å². The van der Waals surface area contributed by atoms with E-state index in [9.17, 15) is 0 Å². The van der Waals surface area contributed by atoms with Gasteiger partial charge in [-0.25, -0.2) is 0 Å². The van der Waals surface area contributed by atoms with Crippen LogP contribution in [0.2, 0.25) is 0 Å². The van der Waals surface area contributed by atoms with Crippen LogP contribution < -0.4 is 15.9 Å². The van der Waals surface area contributed by atoms with Gasteiger partial charge in [0.05, 0.1) is 5.16 Å². The van der Waals surface area contributed by atoms with Crippen molar-refractivity contribution in [2.75, 3.05) is 0 Å². The molecule has 0 N–H and O–H groups in total. The van der Waals surface area contributed by atoms with E-state index in [1.165, 1.54) is 60.9 Å². The fraction of sp³-hybridized carbons (Fsp3) is 0.333. The molecule has 1 saturated carbocycles. The molecule has 0 aromatic heterocycles. The molecule has 1 heteroatoms. The van der Waals surface area contributed by atoms with E-state index < -0.39 is 7.26 Å². The van der Waals surface area contributed by atoms with Crippen molar-refractivity contribution in [2.24, 2.45) is 0 Å². The second-order valence-corrected chi connectivity index (χ2v) is 12.4. The zero-order valence-corrected chi connectivity index (χ0v) is 18.0. The third kappa shape index (κ3) is 3.44. The SMILES string of the molecule is CC1([P+](c2ccccc2)(c2ccccc2)c2ccccc2)CCCCCCC1. The molecule has 0 saturated heterocycles. The van der Waals surface area contributed by atoms with E-state index in [0.717, 1.165) is 0 Å². The van der Waals surface area contributed by atoms with Gasteiger partial charge >= 0.3 is 0 Å². The van der Waals surface area contributed by atoms with Gasteiger partial charge < -0.3 is 0 Å². The van der Waals surface area contributed by atoms with Gasteiger partial charge in [0.2, 0.25) is 0 Å². The molecule has 3 aromatic rings. The van der Waals surface area contributed by atoms with Crippen LogP contribution in [0.3, 0.4) is 0 Å². The average Bonchev–Trinajstić information content (AvgIpc) is 2.74. The fourth-order valence-electron chi connectivity index (χ4n) is 5.34. The topological polar surface area (TPSA) is 0 Å². The molecule has 0 heterocycles. The Labute approximate surface area is 171 Å². The number of hydrogen-bond donors (Lipinski definition) is 0. The minimum atomic E-state index is -1.79. The summed E-state index contributed by atoms with van der Waals surface area (Å²) in [6.45, 7) is 2.61. The Morgan fingerprint density at radius 2 is 0.821 bits per heavy atom. The molecule has 1 fully saturated rings. The van der Waals surface area contributed by atoms with Crippen molar-refractivity contribution in [3.05, 3.63) is 91.0 Å². The lowest BCUT2D eigenvalue weighted by Gasteiger charge is -2.44. The van der Waals surface area contributed by atoms with Gasteiger partial charge in [0.15, 0.2) is 0 Å². The van der Waals surface area contributed by atoms with E-state index in [1.54, 1.807) is 0 Å². The van der Waals surface area contributed by atoms with Crippen LogP contribution in [0.25, 0.3) is 0 Å². The minimum absolute atomic E-state index is 0.289. The molecular weight excluding hydrogens is 355 g/mol. The standard InChI is InChI=1S/C27H32P/c1-27(22-14-3-2-4-15-23-27)28(24-16-8-5-9-17-24,25-18-10-6-11-19-25)26-20-12-7-13-21-26/h5-13,16-21H,2-4,14-15,22-23H2,1H3/q+1. The van der Waals surface area contributed by atoms with Crippen LogP contribution in [0.4, 0.5) is 0 Å². The third-order valence-corrected chi connectivity index (χ3v) is 12.0. The highest BCUT2D eigenvalue weighted by Gasteiger charge is 2.59. The highest BCUT2D eigenvalue weighted by atomic mass is 31.2. The van der Waals surface area contributed by atoms with E-state index in [1.807, 2.05) is 0 Å². The molecule has 28 heavy (non-hydrogen) atoms. The summed E-state index contributed by atoms with van der Waals surface area (Å²) in [5.74, 6) is 0. The molecule has 144 valence electrons. The van der Waals surface area contributed by atoms with Crippen molar-refractivity contribution < 1.29 is 0 Å². The predicted molar refractivity (Wildman–Crippen MR) is 126 cm³/mol. The predicted octanol–water partition coefficient (Wildman–Crippen LogP) is 6.48. The Hall–Kier alpha value is -1.91. The highest BCUT2D eigenvalue weighted by Crippen LogP contribution is 2.69. The van der Waals surface area contributed by atoms with Crippen LogP contribution in [0.15, 0.2) is 91.0 Å². The third-order valence-electron chi connectivity index (χ3n) is 6.67. The van der Waals surface area contributed by atoms with E-state index in [-0.39, 0.29) is 5.16 Å². The van der Waals surface area contributed by atoms with Gasteiger partial charge in [-0.15, -0.1) is 0 Å². The summed E-state index contributed by atoms with van der Waals surface area (Å²) in [5.41, 5.74) is 0. The molecule has 4 rings (SSSR count). The van der Waals surface area contributed by atoms with Crippen LogP contribution in [-0.4, -0.2) is 5.16 Å². The lowest BCUT2D eigenvalue weighted by molar-refractivity contribution is 0.430. The summed E-state index contributed by atoms with van der Waals surface area (Å²) in [6.07, 6.45) is 9.51. The summed E-state index contributed by atoms with van der Waals surface area (Å²) in [4.78, 5) is 0. The van der Waals surface area contributed by atoms with Crippen LogP contribution in [0, 0.1) is 0 Å². The first-order valence-corrected chi connectivity index (χ1v) is 12.6. The normalized spacial score (nSPS) is 17.5. The van der Waals surface area contributed by atoms with Gasteiger partial charge in [0.1, 0.15) is 23.2 Å². The maximum Gasteiger partial charge on any atom is 0.117 e. The van der Waals surface area contributed by atoms with E-state index in [0.29, 0.717) is 0 Å². The van der Waals surface area contributed by atoms with Gasteiger partial charge in [-0.3, -0.25) is 0 Å². The van der Waals surface area contributed by atoms with Gasteiger partial charge in [-0.1, -0.05) is 73.9 Å². The molecule has 1 aliphatic carbocycles. The minimum Gasteiger partial charge on any atom is -0.0620 e. The molecule has 0 aliphatic heterocycles. The molecular formula is C27H32P+. The lowest BCUT2D eigenvalue weighted by Crippen LogP contribution is -2.46. The summed E-state index contributed by atoms with van der Waals surface area (Å²) in [5, 5.41) is 4.90. The summed E-state index contributed by atoms with van der Waals surface area (Å²) in [6, 6.07) is 34.3. The second-order valence-electron chi connectivity index (χ2n) is 8.44. The Morgan fingerprint density at radius 3 is 1.18 bits per heavy atom. The van der Waals surface area contributed by atoms with Crippen molar-refractivity contribution in [3.63, 3.8) is 0 Å². The number of rotatable bonds is 4. The quantitative estimate of drug-likeness (QED) is 0.449. The highest BCUT2D eigenvalue weighted by molar-refractivity contribution is 7.96. The van der Waals surface area contributed by atoms with Crippen molar-refractivity contribution in [3.8, 4) is 0 Å². The van der Waals surface area contributed by atoms with Crippen molar-refractivity contribution in [1.29, 1.82) is 0 Å². The van der Waals surface area contributed by atoms with Gasteiger partial charge in [-0.2, -0.15) is 0 Å². The molecule has 0 atom stereocenters. The molecule has 1 aliphatic rings. The smallest absolute Gasteiger partial charge is 0.0620 e. The molecule has 0 bridgehead atoms. The first-order valence-electron chi connectivity index (χ1n) is 10.8. The first-order chi connectivity index (χ1) is 13.8. The summed E-state index contributed by atoms with van der Waals surface area (Å²) >= 11 is 0. The first kappa shape index (κ1) is 19.4. The van der Waals surface area contributed by atoms with Crippen molar-refractivity contribution in [2.45, 2.75) is 57.0 Å². The number of benzene rings is 3. The van der Waals surface area contributed by atoms with Crippen LogP contribution >= 0.6 is 7.26 Å². The largest absolute Gasteiger partial charge is 0.117 e. The molecule has 0 nitrogen and oxygen atoms in total. The maximum absolute atomic E-state index is 2.61. The van der Waals surface area contributed by atoms with E-state index in [2.05, 4.69) is 97.9 Å². The summed E-state index contributed by atoms with van der Waals surface area (Å²) < 4.78 is 0. The van der Waals surface area contributed by atoms with Gasteiger partial charge in [0.25, 0.3) is 0 Å². The Morgan fingerprint density at radius 1 is 0.500 bits per heavy atom. The number of hydrogen-bond acceptors (Lipinski definition) is 0. The average molecular weight is 388 g/mol. The fourth-order valence-corrected chi connectivity index (χ4v) is 10.9. The molecule has 0 spiro atoms. The van der Waals surface area contributed by atoms with Crippen LogP contribution in [-0.2, 0) is 0 Å².